The fraction of sp³-hybridized carbons (Fsp3) is 0.364. The van der Waals surface area contributed by atoms with E-state index in [4.69, 9.17) is 4.52 Å². The number of nitrogens with zero attached hydrogens (tertiary/aromatic N) is 3. The average molecular weight is 374 g/mol. The topological polar surface area (TPSA) is 156 Å². The van der Waals surface area contributed by atoms with Gasteiger partial charge in [-0.25, -0.2) is 8.42 Å². The summed E-state index contributed by atoms with van der Waals surface area (Å²) in [6.07, 6.45) is 0. The number of rotatable bonds is 6. The molecule has 3 N–H and O–H groups in total. The Morgan fingerprint density at radius 1 is 1.29 bits per heavy atom. The smallest absolute Gasteiger partial charge is 0.270 e. The van der Waals surface area contributed by atoms with Gasteiger partial charge in [-0.05, 0) is 13.8 Å². The molecule has 2 aromatic rings. The van der Waals surface area contributed by atoms with Crippen molar-refractivity contribution in [3.05, 3.63) is 11.8 Å². The van der Waals surface area contributed by atoms with Gasteiger partial charge < -0.3 is 15.2 Å². The zero-order chi connectivity index (χ0) is 17.9. The first-order valence-electron chi connectivity index (χ1n) is 6.55. The predicted molar refractivity (Wildman–Crippen MR) is 83.9 cm³/mol. The third kappa shape index (κ3) is 4.56. The number of hydrogen-bond acceptors (Lipinski definition) is 9. The Kier molecular flexibility index (Phi) is 5.26. The van der Waals surface area contributed by atoms with Crippen molar-refractivity contribution < 1.29 is 22.5 Å². The molecule has 0 aliphatic rings. The third-order valence-corrected chi connectivity index (χ3v) is 5.27. The summed E-state index contributed by atoms with van der Waals surface area (Å²) >= 11 is 0.665. The second kappa shape index (κ2) is 7.02. The van der Waals surface area contributed by atoms with Crippen molar-refractivity contribution in [3.8, 4) is 0 Å². The van der Waals surface area contributed by atoms with Crippen LogP contribution >= 0.6 is 11.3 Å². The van der Waals surface area contributed by atoms with Crippen LogP contribution in [0.3, 0.4) is 0 Å². The van der Waals surface area contributed by atoms with Gasteiger partial charge in [0.15, 0.2) is 5.82 Å². The number of carbonyl (C=O) groups excluding carboxylic acids is 2. The van der Waals surface area contributed by atoms with Crippen molar-refractivity contribution in [2.45, 2.75) is 31.2 Å². The van der Waals surface area contributed by atoms with E-state index in [2.05, 4.69) is 30.7 Å². The molecule has 2 rings (SSSR count). The number of nitrogens with one attached hydrogen (secondary N) is 3. The van der Waals surface area contributed by atoms with Crippen LogP contribution in [0.25, 0.3) is 0 Å². The van der Waals surface area contributed by atoms with E-state index in [9.17, 15) is 18.0 Å². The van der Waals surface area contributed by atoms with E-state index in [1.807, 2.05) is 0 Å². The van der Waals surface area contributed by atoms with Gasteiger partial charge in [0.2, 0.25) is 21.3 Å². The van der Waals surface area contributed by atoms with Crippen LogP contribution < -0.4 is 15.4 Å². The summed E-state index contributed by atoms with van der Waals surface area (Å²) in [5, 5.41) is 15.4. The highest BCUT2D eigenvalue weighted by atomic mass is 32.2. The number of aryl methyl sites for hydroxylation is 1. The van der Waals surface area contributed by atoms with E-state index in [1.165, 1.54) is 19.9 Å². The van der Waals surface area contributed by atoms with Crippen LogP contribution in [0.1, 0.15) is 19.6 Å². The van der Waals surface area contributed by atoms with Gasteiger partial charge >= 0.3 is 0 Å². The molecule has 0 bridgehead atoms. The molecule has 0 aliphatic heterocycles. The molecule has 130 valence electrons. The summed E-state index contributed by atoms with van der Waals surface area (Å²) in [6, 6.07) is 0.393. The maximum atomic E-state index is 12.2. The van der Waals surface area contributed by atoms with Gasteiger partial charge in [0, 0.05) is 13.0 Å². The van der Waals surface area contributed by atoms with E-state index in [1.54, 1.807) is 6.92 Å². The van der Waals surface area contributed by atoms with Gasteiger partial charge in [0.1, 0.15) is 5.76 Å². The average Bonchev–Trinajstić information content (AvgIpc) is 3.07. The van der Waals surface area contributed by atoms with Crippen LogP contribution in [0, 0.1) is 6.92 Å². The predicted octanol–water partition coefficient (Wildman–Crippen LogP) is 0.0984. The normalized spacial score (nSPS) is 12.6. The monoisotopic (exact) mass is 374 g/mol. The van der Waals surface area contributed by atoms with Crippen LogP contribution in [-0.2, 0) is 19.6 Å². The molecule has 0 fully saturated rings. The Bertz CT molecular complexity index is 858. The van der Waals surface area contributed by atoms with E-state index in [0.29, 0.717) is 17.1 Å². The molecule has 0 unspecified atom stereocenters. The first kappa shape index (κ1) is 18.0. The van der Waals surface area contributed by atoms with E-state index in [0.717, 1.165) is 0 Å². The molecule has 11 nitrogen and oxygen atoms in total. The van der Waals surface area contributed by atoms with E-state index >= 15 is 0 Å². The highest BCUT2D eigenvalue weighted by Gasteiger charge is 2.26. The fourth-order valence-electron chi connectivity index (χ4n) is 1.52. The maximum Gasteiger partial charge on any atom is 0.270 e. The highest BCUT2D eigenvalue weighted by molar-refractivity contribution is 7.91. The lowest BCUT2D eigenvalue weighted by Crippen LogP contribution is -2.41. The molecule has 0 radical (unpaired) electrons. The number of sulfonamides is 1. The van der Waals surface area contributed by atoms with Gasteiger partial charge in [0.25, 0.3) is 10.0 Å². The lowest BCUT2D eigenvalue weighted by atomic mass is 10.3. The van der Waals surface area contributed by atoms with Crippen molar-refractivity contribution >= 4 is 44.1 Å². The van der Waals surface area contributed by atoms with Gasteiger partial charge in [0.05, 0.1) is 6.04 Å². The van der Waals surface area contributed by atoms with Crippen molar-refractivity contribution in [1.29, 1.82) is 0 Å². The highest BCUT2D eigenvalue weighted by Crippen LogP contribution is 2.20. The molecule has 0 aromatic carbocycles. The largest absolute Gasteiger partial charge is 0.360 e. The van der Waals surface area contributed by atoms with Crippen molar-refractivity contribution in [1.82, 2.24) is 20.1 Å². The summed E-state index contributed by atoms with van der Waals surface area (Å²) in [5.41, 5.74) is 0. The van der Waals surface area contributed by atoms with Crippen LogP contribution in [0.5, 0.6) is 0 Å². The molecule has 2 aromatic heterocycles. The van der Waals surface area contributed by atoms with Crippen molar-refractivity contribution in [2.24, 2.45) is 0 Å². The molecule has 1 atom stereocenters. The minimum atomic E-state index is -4.07. The molecular formula is C11H14N6O5S2. The lowest BCUT2D eigenvalue weighted by molar-refractivity contribution is -0.117. The number of amides is 2. The fourth-order valence-corrected chi connectivity index (χ4v) is 3.68. The van der Waals surface area contributed by atoms with Gasteiger partial charge in [-0.2, -0.15) is 4.72 Å². The summed E-state index contributed by atoms with van der Waals surface area (Å²) in [7, 11) is -4.07. The zero-order valence-electron chi connectivity index (χ0n) is 12.9. The van der Waals surface area contributed by atoms with E-state index in [-0.39, 0.29) is 15.3 Å². The first-order chi connectivity index (χ1) is 11.2. The molecule has 2 heterocycles. The molecule has 13 heteroatoms. The van der Waals surface area contributed by atoms with Crippen LogP contribution in [0.4, 0.5) is 10.9 Å². The summed E-state index contributed by atoms with van der Waals surface area (Å²) in [6.45, 7) is 4.26. The minimum Gasteiger partial charge on any atom is -0.360 e. The minimum absolute atomic E-state index is 0.0399. The molecular weight excluding hydrogens is 360 g/mol. The van der Waals surface area contributed by atoms with Gasteiger partial charge in [-0.1, -0.05) is 16.5 Å². The lowest BCUT2D eigenvalue weighted by Gasteiger charge is -2.11. The SMILES string of the molecule is CC(=O)Nc1nnc(S(=O)(=O)N[C@@H](C)C(=O)Nc2cc(C)on2)s1. The van der Waals surface area contributed by atoms with Crippen LogP contribution in [0.15, 0.2) is 14.9 Å². The van der Waals surface area contributed by atoms with Gasteiger partial charge in [-0.15, -0.1) is 10.2 Å². The summed E-state index contributed by atoms with van der Waals surface area (Å²) in [5.74, 6) is -0.359. The second-order valence-corrected chi connectivity index (χ2v) is 7.57. The molecule has 0 aliphatic carbocycles. The Morgan fingerprint density at radius 3 is 2.58 bits per heavy atom. The molecule has 0 saturated carbocycles. The maximum absolute atomic E-state index is 12.2. The first-order valence-corrected chi connectivity index (χ1v) is 8.85. The Balaban J connectivity index is 2.03. The number of hydrogen-bond donors (Lipinski definition) is 3. The molecule has 24 heavy (non-hydrogen) atoms. The molecule has 0 spiro atoms. The quantitative estimate of drug-likeness (QED) is 0.601. The second-order valence-electron chi connectivity index (χ2n) is 4.71. The number of anilines is 2. The van der Waals surface area contributed by atoms with Crippen molar-refractivity contribution in [3.63, 3.8) is 0 Å². The number of aromatic nitrogens is 3. The molecule has 2 amide bonds. The van der Waals surface area contributed by atoms with Crippen LogP contribution in [-0.4, -0.2) is 41.6 Å². The number of carbonyl (C=O) groups is 2. The van der Waals surface area contributed by atoms with Crippen LogP contribution in [0.2, 0.25) is 0 Å². The standard InChI is InChI=1S/C11H14N6O5S2/c1-5-4-8(16-22-5)13-9(19)6(2)17-24(20,21)11-15-14-10(23-11)12-7(3)18/h4,6,17H,1-3H3,(H,12,14,18)(H,13,16,19)/t6-/m0/s1. The Morgan fingerprint density at radius 2 is 2.00 bits per heavy atom. The van der Waals surface area contributed by atoms with Gasteiger partial charge in [-0.3, -0.25) is 9.59 Å². The zero-order valence-corrected chi connectivity index (χ0v) is 14.5. The van der Waals surface area contributed by atoms with Crippen molar-refractivity contribution in [2.75, 3.05) is 10.6 Å². The third-order valence-electron chi connectivity index (χ3n) is 2.52. The van der Waals surface area contributed by atoms with E-state index < -0.39 is 27.9 Å². The summed E-state index contributed by atoms with van der Waals surface area (Å²) in [4.78, 5) is 22.9. The Hall–Kier alpha value is -2.38. The summed E-state index contributed by atoms with van der Waals surface area (Å²) < 4.78 is 30.9. The molecule has 0 saturated heterocycles. The Labute approximate surface area is 140 Å².